The Morgan fingerprint density at radius 2 is 2.29 bits per heavy atom. The lowest BCUT2D eigenvalue weighted by Crippen LogP contribution is -2.20. The lowest BCUT2D eigenvalue weighted by Gasteiger charge is -2.08. The summed E-state index contributed by atoms with van der Waals surface area (Å²) >= 11 is 5.62. The summed E-state index contributed by atoms with van der Waals surface area (Å²) in [5.74, 6) is 0.495. The summed E-state index contributed by atoms with van der Waals surface area (Å²) in [6, 6.07) is 4.89. The van der Waals surface area contributed by atoms with Crippen LogP contribution >= 0.6 is 11.6 Å². The smallest absolute Gasteiger partial charge is 0.255 e. The van der Waals surface area contributed by atoms with E-state index < -0.39 is 0 Å². The van der Waals surface area contributed by atoms with Gasteiger partial charge < -0.3 is 4.74 Å². The average Bonchev–Trinajstić information content (AvgIpc) is 2.33. The van der Waals surface area contributed by atoms with Crippen molar-refractivity contribution in [3.05, 3.63) is 51.8 Å². The molecule has 0 aromatic carbocycles. The molecule has 2 heterocycles. The van der Waals surface area contributed by atoms with E-state index in [1.165, 1.54) is 24.1 Å². The molecule has 0 saturated carbocycles. The normalized spacial score (nSPS) is 10.2. The molecule has 0 amide bonds. The molecular weight excluding hydrogens is 242 g/mol. The van der Waals surface area contributed by atoms with Crippen molar-refractivity contribution in [2.45, 2.75) is 6.54 Å². The summed E-state index contributed by atoms with van der Waals surface area (Å²) in [4.78, 5) is 19.5. The van der Waals surface area contributed by atoms with E-state index in [0.29, 0.717) is 12.4 Å². The molecule has 0 unspecified atom stereocenters. The highest BCUT2D eigenvalue weighted by molar-refractivity contribution is 6.29. The van der Waals surface area contributed by atoms with Crippen molar-refractivity contribution in [1.29, 1.82) is 0 Å². The summed E-state index contributed by atoms with van der Waals surface area (Å²) in [6.45, 7) is 0.347. The van der Waals surface area contributed by atoms with Crippen LogP contribution in [0.3, 0.4) is 0 Å². The van der Waals surface area contributed by atoms with Crippen molar-refractivity contribution in [2.24, 2.45) is 0 Å². The number of methoxy groups -OCH3 is 1. The third kappa shape index (κ3) is 2.62. The van der Waals surface area contributed by atoms with E-state index in [4.69, 9.17) is 16.3 Å². The van der Waals surface area contributed by atoms with E-state index >= 15 is 0 Å². The van der Waals surface area contributed by atoms with E-state index in [2.05, 4.69) is 9.97 Å². The van der Waals surface area contributed by atoms with Crippen LogP contribution in [-0.2, 0) is 6.54 Å². The fourth-order valence-electron chi connectivity index (χ4n) is 1.43. The Labute approximate surface area is 103 Å². The van der Waals surface area contributed by atoms with Gasteiger partial charge in [0.2, 0.25) is 5.88 Å². The van der Waals surface area contributed by atoms with Crippen LogP contribution in [0.1, 0.15) is 5.56 Å². The maximum atomic E-state index is 11.6. The van der Waals surface area contributed by atoms with Crippen molar-refractivity contribution in [3.8, 4) is 5.88 Å². The highest BCUT2D eigenvalue weighted by Gasteiger charge is 2.05. The molecule has 5 nitrogen and oxygen atoms in total. The second-order valence-corrected chi connectivity index (χ2v) is 3.74. The number of hydrogen-bond acceptors (Lipinski definition) is 4. The molecule has 0 aliphatic heterocycles. The Morgan fingerprint density at radius 1 is 1.47 bits per heavy atom. The number of nitrogens with zero attached hydrogens (tertiary/aromatic N) is 3. The fourth-order valence-corrected chi connectivity index (χ4v) is 1.57. The summed E-state index contributed by atoms with van der Waals surface area (Å²) in [6.07, 6.45) is 3.03. The molecule has 6 heteroatoms. The quantitative estimate of drug-likeness (QED) is 0.773. The van der Waals surface area contributed by atoms with Gasteiger partial charge in [-0.3, -0.25) is 9.36 Å². The lowest BCUT2D eigenvalue weighted by atomic mass is 10.2. The van der Waals surface area contributed by atoms with E-state index in [1.54, 1.807) is 12.3 Å². The number of hydrogen-bond donors (Lipinski definition) is 0. The van der Waals surface area contributed by atoms with Crippen molar-refractivity contribution in [2.75, 3.05) is 7.11 Å². The minimum absolute atomic E-state index is 0.185. The molecule has 88 valence electrons. The van der Waals surface area contributed by atoms with Gasteiger partial charge in [0.25, 0.3) is 5.56 Å². The molecule has 0 spiro atoms. The molecule has 0 radical (unpaired) electrons. The number of halogens is 1. The van der Waals surface area contributed by atoms with Crippen molar-refractivity contribution >= 4 is 11.6 Å². The third-order valence-corrected chi connectivity index (χ3v) is 2.44. The molecule has 2 aromatic heterocycles. The average molecular weight is 252 g/mol. The van der Waals surface area contributed by atoms with Crippen molar-refractivity contribution in [3.63, 3.8) is 0 Å². The summed E-state index contributed by atoms with van der Waals surface area (Å²) < 4.78 is 6.54. The van der Waals surface area contributed by atoms with Gasteiger partial charge in [-0.1, -0.05) is 17.7 Å². The van der Waals surface area contributed by atoms with Crippen LogP contribution < -0.4 is 10.3 Å². The van der Waals surface area contributed by atoms with E-state index in [1.807, 2.05) is 6.07 Å². The standard InChI is InChI=1S/C11H10ClN3O2/c1-17-11-8(3-2-4-13-11)6-15-7-14-9(12)5-10(15)16/h2-5,7H,6H2,1H3. The molecule has 17 heavy (non-hydrogen) atoms. The number of aromatic nitrogens is 3. The Hall–Kier alpha value is -1.88. The Bertz CT molecular complexity index is 583. The zero-order valence-electron chi connectivity index (χ0n) is 9.13. The highest BCUT2D eigenvalue weighted by atomic mass is 35.5. The Kier molecular flexibility index (Phi) is 3.39. The Balaban J connectivity index is 2.35. The van der Waals surface area contributed by atoms with Crippen LogP contribution in [0.2, 0.25) is 5.15 Å². The summed E-state index contributed by atoms with van der Waals surface area (Å²) in [5, 5.41) is 0.185. The fraction of sp³-hybridized carbons (Fsp3) is 0.182. The maximum Gasteiger partial charge on any atom is 0.255 e. The molecule has 0 saturated heterocycles. The highest BCUT2D eigenvalue weighted by Crippen LogP contribution is 2.14. The lowest BCUT2D eigenvalue weighted by molar-refractivity contribution is 0.391. The van der Waals surface area contributed by atoms with Crippen LogP contribution in [0, 0.1) is 0 Å². The maximum absolute atomic E-state index is 11.6. The van der Waals surface area contributed by atoms with Gasteiger partial charge in [-0.25, -0.2) is 9.97 Å². The van der Waals surface area contributed by atoms with Gasteiger partial charge in [0.15, 0.2) is 0 Å². The first-order valence-corrected chi connectivity index (χ1v) is 5.28. The number of pyridine rings is 1. The van der Waals surface area contributed by atoms with E-state index in [0.717, 1.165) is 5.56 Å². The van der Waals surface area contributed by atoms with Crippen molar-refractivity contribution in [1.82, 2.24) is 14.5 Å². The van der Waals surface area contributed by atoms with Crippen LogP contribution in [-0.4, -0.2) is 21.6 Å². The first kappa shape index (κ1) is 11.6. The topological polar surface area (TPSA) is 57.0 Å². The van der Waals surface area contributed by atoms with Gasteiger partial charge in [-0.15, -0.1) is 0 Å². The molecule has 0 aliphatic carbocycles. The molecule has 2 aromatic rings. The van der Waals surface area contributed by atoms with Gasteiger partial charge >= 0.3 is 0 Å². The van der Waals surface area contributed by atoms with Crippen LogP contribution in [0.4, 0.5) is 0 Å². The third-order valence-electron chi connectivity index (χ3n) is 2.23. The van der Waals surface area contributed by atoms with Gasteiger partial charge in [-0.05, 0) is 6.07 Å². The summed E-state index contributed by atoms with van der Waals surface area (Å²) in [7, 11) is 1.54. The van der Waals surface area contributed by atoms with Gasteiger partial charge in [0, 0.05) is 17.8 Å². The van der Waals surface area contributed by atoms with Gasteiger partial charge in [0.1, 0.15) is 5.15 Å². The molecule has 0 bridgehead atoms. The SMILES string of the molecule is COc1ncccc1Cn1cnc(Cl)cc1=O. The van der Waals surface area contributed by atoms with Crippen LogP contribution in [0.5, 0.6) is 5.88 Å². The van der Waals surface area contributed by atoms with Crippen LogP contribution in [0.15, 0.2) is 35.5 Å². The van der Waals surface area contributed by atoms with Gasteiger partial charge in [-0.2, -0.15) is 0 Å². The molecule has 2 rings (SSSR count). The number of ether oxygens (including phenoxy) is 1. The van der Waals surface area contributed by atoms with Crippen LogP contribution in [0.25, 0.3) is 0 Å². The number of rotatable bonds is 3. The van der Waals surface area contributed by atoms with E-state index in [-0.39, 0.29) is 10.7 Å². The Morgan fingerprint density at radius 3 is 3.00 bits per heavy atom. The molecule has 0 aliphatic rings. The minimum Gasteiger partial charge on any atom is -0.481 e. The predicted octanol–water partition coefficient (Wildman–Crippen LogP) is 1.35. The minimum atomic E-state index is -0.212. The zero-order valence-corrected chi connectivity index (χ0v) is 9.89. The van der Waals surface area contributed by atoms with Crippen molar-refractivity contribution < 1.29 is 4.74 Å². The largest absolute Gasteiger partial charge is 0.481 e. The molecule has 0 N–H and O–H groups in total. The van der Waals surface area contributed by atoms with E-state index in [9.17, 15) is 4.79 Å². The predicted molar refractivity (Wildman–Crippen MR) is 63.4 cm³/mol. The second-order valence-electron chi connectivity index (χ2n) is 3.35. The molecular formula is C11H10ClN3O2. The zero-order chi connectivity index (χ0) is 12.3. The second kappa shape index (κ2) is 4.97. The van der Waals surface area contributed by atoms with Gasteiger partial charge in [0.05, 0.1) is 20.0 Å². The summed E-state index contributed by atoms with van der Waals surface area (Å²) in [5.41, 5.74) is 0.595. The molecule has 0 fully saturated rings. The first-order valence-electron chi connectivity index (χ1n) is 4.90. The first-order chi connectivity index (χ1) is 8.20. The molecule has 0 atom stereocenters. The monoisotopic (exact) mass is 251 g/mol.